The Balaban J connectivity index is 2.14. The van der Waals surface area contributed by atoms with E-state index in [4.69, 9.17) is 0 Å². The van der Waals surface area contributed by atoms with E-state index in [1.807, 2.05) is 30.3 Å². The van der Waals surface area contributed by atoms with Gasteiger partial charge in [-0.15, -0.1) is 0 Å². The van der Waals surface area contributed by atoms with Crippen LogP contribution in [0.4, 0.5) is 0 Å². The van der Waals surface area contributed by atoms with Crippen molar-refractivity contribution in [3.05, 3.63) is 70.8 Å². The Labute approximate surface area is 140 Å². The summed E-state index contributed by atoms with van der Waals surface area (Å²) in [5.41, 5.74) is 4.95. The zero-order chi connectivity index (χ0) is 16.8. The maximum atomic E-state index is 10.6. The molecule has 2 aromatic rings. The second-order valence-electron chi connectivity index (χ2n) is 6.54. The van der Waals surface area contributed by atoms with Gasteiger partial charge in [0.1, 0.15) is 0 Å². The summed E-state index contributed by atoms with van der Waals surface area (Å²) in [7, 11) is 0. The summed E-state index contributed by atoms with van der Waals surface area (Å²) in [6.45, 7) is 10.3. The molecule has 2 aromatic carbocycles. The zero-order valence-corrected chi connectivity index (χ0v) is 14.8. The molecule has 0 heterocycles. The highest BCUT2D eigenvalue weighted by atomic mass is 16.3. The smallest absolute Gasteiger partial charge is 0.0917 e. The van der Waals surface area contributed by atoms with Crippen molar-refractivity contribution in [3.8, 4) is 0 Å². The Bertz CT molecular complexity index is 608. The lowest BCUT2D eigenvalue weighted by molar-refractivity contribution is 0.0846. The van der Waals surface area contributed by atoms with E-state index in [0.29, 0.717) is 12.6 Å². The summed E-state index contributed by atoms with van der Waals surface area (Å²) in [5, 5.41) is 10.6. The molecule has 0 radical (unpaired) electrons. The first kappa shape index (κ1) is 17.7. The molecule has 2 rings (SSSR count). The van der Waals surface area contributed by atoms with Gasteiger partial charge >= 0.3 is 0 Å². The van der Waals surface area contributed by atoms with Crippen molar-refractivity contribution >= 4 is 0 Å². The molecule has 0 aromatic heterocycles. The minimum atomic E-state index is -0.448. The van der Waals surface area contributed by atoms with Crippen LogP contribution in [0.15, 0.2) is 48.5 Å². The lowest BCUT2D eigenvalue weighted by atomic mass is 10.0. The molecule has 124 valence electrons. The van der Waals surface area contributed by atoms with Crippen LogP contribution in [0.1, 0.15) is 48.6 Å². The van der Waals surface area contributed by atoms with Crippen LogP contribution in [0.5, 0.6) is 0 Å². The number of aliphatic hydroxyl groups is 1. The molecule has 0 saturated carbocycles. The van der Waals surface area contributed by atoms with Gasteiger partial charge in [-0.05, 0) is 43.9 Å². The van der Waals surface area contributed by atoms with E-state index >= 15 is 0 Å². The molecular weight excluding hydrogens is 282 g/mol. The Hall–Kier alpha value is -1.64. The van der Waals surface area contributed by atoms with E-state index in [9.17, 15) is 5.11 Å². The van der Waals surface area contributed by atoms with Gasteiger partial charge in [0, 0.05) is 19.1 Å². The molecule has 0 spiro atoms. The first-order valence-electron chi connectivity index (χ1n) is 8.54. The van der Waals surface area contributed by atoms with Crippen molar-refractivity contribution in [2.24, 2.45) is 0 Å². The van der Waals surface area contributed by atoms with Crippen LogP contribution in [0.2, 0.25) is 0 Å². The van der Waals surface area contributed by atoms with Crippen molar-refractivity contribution in [2.45, 2.75) is 52.8 Å². The molecular formula is C21H29NO. The highest BCUT2D eigenvalue weighted by Crippen LogP contribution is 2.20. The van der Waals surface area contributed by atoms with Crippen molar-refractivity contribution in [1.29, 1.82) is 0 Å². The van der Waals surface area contributed by atoms with Gasteiger partial charge in [0.2, 0.25) is 0 Å². The number of hydrogen-bond donors (Lipinski definition) is 1. The van der Waals surface area contributed by atoms with Crippen LogP contribution < -0.4 is 0 Å². The highest BCUT2D eigenvalue weighted by Gasteiger charge is 2.18. The summed E-state index contributed by atoms with van der Waals surface area (Å²) >= 11 is 0. The molecule has 23 heavy (non-hydrogen) atoms. The molecule has 0 aliphatic rings. The second kappa shape index (κ2) is 8.28. The van der Waals surface area contributed by atoms with Gasteiger partial charge in [0.25, 0.3) is 0 Å². The van der Waals surface area contributed by atoms with Crippen LogP contribution in [0.25, 0.3) is 0 Å². The summed E-state index contributed by atoms with van der Waals surface area (Å²) < 4.78 is 0. The van der Waals surface area contributed by atoms with Gasteiger partial charge in [-0.25, -0.2) is 0 Å². The molecule has 0 unspecified atom stereocenters. The second-order valence-corrected chi connectivity index (χ2v) is 6.54. The Kier molecular flexibility index (Phi) is 6.37. The summed E-state index contributed by atoms with van der Waals surface area (Å²) in [6.07, 6.45) is 0.628. The predicted molar refractivity (Wildman–Crippen MR) is 97.5 cm³/mol. The maximum absolute atomic E-state index is 10.6. The van der Waals surface area contributed by atoms with Crippen LogP contribution in [0, 0.1) is 13.8 Å². The average molecular weight is 311 g/mol. The Morgan fingerprint density at radius 2 is 1.74 bits per heavy atom. The van der Waals surface area contributed by atoms with Gasteiger partial charge in [-0.2, -0.15) is 0 Å². The minimum Gasteiger partial charge on any atom is -0.387 e. The molecule has 2 heteroatoms. The molecule has 2 atom stereocenters. The van der Waals surface area contributed by atoms with E-state index in [-0.39, 0.29) is 0 Å². The number of hydrogen-bond acceptors (Lipinski definition) is 2. The zero-order valence-electron chi connectivity index (χ0n) is 14.8. The van der Waals surface area contributed by atoms with E-state index in [1.165, 1.54) is 16.7 Å². The van der Waals surface area contributed by atoms with Crippen molar-refractivity contribution < 1.29 is 5.11 Å². The molecule has 0 aliphatic carbocycles. The fraction of sp³-hybridized carbons (Fsp3) is 0.429. The lowest BCUT2D eigenvalue weighted by Gasteiger charge is -2.31. The number of rotatable bonds is 7. The number of aliphatic hydroxyl groups excluding tert-OH is 1. The Morgan fingerprint density at radius 1 is 1.04 bits per heavy atom. The fourth-order valence-electron chi connectivity index (χ4n) is 2.90. The molecule has 0 amide bonds. The largest absolute Gasteiger partial charge is 0.387 e. The van der Waals surface area contributed by atoms with Gasteiger partial charge in [-0.1, -0.05) is 61.0 Å². The number of aryl methyl sites for hydroxylation is 2. The van der Waals surface area contributed by atoms with E-state index in [0.717, 1.165) is 18.5 Å². The number of benzene rings is 2. The van der Waals surface area contributed by atoms with Crippen LogP contribution in [0.3, 0.4) is 0 Å². The first-order chi connectivity index (χ1) is 11.0. The molecule has 0 aliphatic heterocycles. The number of nitrogens with zero attached hydrogens (tertiary/aromatic N) is 1. The van der Waals surface area contributed by atoms with E-state index in [1.54, 1.807) is 0 Å². The van der Waals surface area contributed by atoms with Crippen molar-refractivity contribution in [1.82, 2.24) is 4.90 Å². The van der Waals surface area contributed by atoms with Crippen LogP contribution in [-0.2, 0) is 6.54 Å². The normalized spacial score (nSPS) is 14.0. The average Bonchev–Trinajstić information content (AvgIpc) is 2.56. The van der Waals surface area contributed by atoms with E-state index < -0.39 is 6.10 Å². The third kappa shape index (κ3) is 4.92. The Morgan fingerprint density at radius 3 is 2.35 bits per heavy atom. The standard InChI is InChI=1S/C21H29NO/c1-5-18(4)22(14-20-12-11-16(2)13-17(20)3)15-21(23)19-9-7-6-8-10-19/h6-13,18,21,23H,5,14-15H2,1-4H3/t18-,21+/m1/s1. The maximum Gasteiger partial charge on any atom is 0.0917 e. The van der Waals surface area contributed by atoms with Gasteiger partial charge in [0.05, 0.1) is 6.10 Å². The quantitative estimate of drug-likeness (QED) is 0.805. The van der Waals surface area contributed by atoms with Crippen LogP contribution >= 0.6 is 0 Å². The van der Waals surface area contributed by atoms with Crippen molar-refractivity contribution in [2.75, 3.05) is 6.54 Å². The minimum absolute atomic E-state index is 0.439. The van der Waals surface area contributed by atoms with Gasteiger partial charge in [-0.3, -0.25) is 4.90 Å². The molecule has 1 N–H and O–H groups in total. The summed E-state index contributed by atoms with van der Waals surface area (Å²) in [5.74, 6) is 0. The molecule has 2 nitrogen and oxygen atoms in total. The topological polar surface area (TPSA) is 23.5 Å². The third-order valence-electron chi connectivity index (χ3n) is 4.68. The van der Waals surface area contributed by atoms with Gasteiger partial charge < -0.3 is 5.11 Å². The third-order valence-corrected chi connectivity index (χ3v) is 4.68. The first-order valence-corrected chi connectivity index (χ1v) is 8.54. The van der Waals surface area contributed by atoms with E-state index in [2.05, 4.69) is 50.8 Å². The monoisotopic (exact) mass is 311 g/mol. The fourth-order valence-corrected chi connectivity index (χ4v) is 2.90. The van der Waals surface area contributed by atoms with Crippen molar-refractivity contribution in [3.63, 3.8) is 0 Å². The SMILES string of the molecule is CC[C@@H](C)N(Cc1ccc(C)cc1C)C[C@H](O)c1ccccc1. The highest BCUT2D eigenvalue weighted by molar-refractivity contribution is 5.30. The lowest BCUT2D eigenvalue weighted by Crippen LogP contribution is -2.36. The molecule has 0 bridgehead atoms. The summed E-state index contributed by atoms with van der Waals surface area (Å²) in [4.78, 5) is 2.38. The van der Waals surface area contributed by atoms with Gasteiger partial charge in [0.15, 0.2) is 0 Å². The summed E-state index contributed by atoms with van der Waals surface area (Å²) in [6, 6.07) is 17.0. The van der Waals surface area contributed by atoms with Crippen LogP contribution in [-0.4, -0.2) is 22.6 Å². The molecule has 0 fully saturated rings. The molecule has 0 saturated heterocycles. The predicted octanol–water partition coefficient (Wildman–Crippen LogP) is 4.64.